The summed E-state index contributed by atoms with van der Waals surface area (Å²) in [6.45, 7) is 1.74. The Morgan fingerprint density at radius 3 is 2.81 bits per heavy atom. The smallest absolute Gasteiger partial charge is 0.269 e. The monoisotopic (exact) mass is 438 g/mol. The maximum absolute atomic E-state index is 13.3. The zero-order valence-electron chi connectivity index (χ0n) is 16.6. The van der Waals surface area contributed by atoms with Gasteiger partial charge >= 0.3 is 0 Å². The molecular formula is C22H19ClN4O4. The third-order valence-corrected chi connectivity index (χ3v) is 5.77. The zero-order valence-corrected chi connectivity index (χ0v) is 17.4. The highest BCUT2D eigenvalue weighted by atomic mass is 35.5. The maximum atomic E-state index is 13.3. The normalized spacial score (nSPS) is 18.4. The average molecular weight is 439 g/mol. The molecular weight excluding hydrogens is 420 g/mol. The van der Waals surface area contributed by atoms with Crippen molar-refractivity contribution in [3.63, 3.8) is 0 Å². The average Bonchev–Trinajstić information content (AvgIpc) is 2.74. The number of ketones is 1. The van der Waals surface area contributed by atoms with Crippen molar-refractivity contribution in [3.05, 3.63) is 85.8 Å². The number of nitrogens with zero attached hydrogens (tertiary/aromatic N) is 2. The molecule has 1 aromatic heterocycles. The Morgan fingerprint density at radius 2 is 2.10 bits per heavy atom. The summed E-state index contributed by atoms with van der Waals surface area (Å²) in [5.41, 5.74) is 2.20. The number of nitro benzene ring substituents is 1. The first-order valence-electron chi connectivity index (χ1n) is 9.77. The van der Waals surface area contributed by atoms with Gasteiger partial charge in [-0.05, 0) is 43.5 Å². The number of rotatable bonds is 4. The number of pyridine rings is 1. The molecule has 1 aromatic carbocycles. The van der Waals surface area contributed by atoms with Gasteiger partial charge in [-0.1, -0.05) is 17.7 Å². The quantitative estimate of drug-likeness (QED) is 0.544. The molecule has 0 saturated heterocycles. The molecule has 0 unspecified atom stereocenters. The van der Waals surface area contributed by atoms with Crippen LogP contribution in [0.25, 0.3) is 0 Å². The Balaban J connectivity index is 1.87. The van der Waals surface area contributed by atoms with E-state index in [9.17, 15) is 19.7 Å². The molecule has 2 aliphatic rings. The lowest BCUT2D eigenvalue weighted by Gasteiger charge is -2.34. The Bertz CT molecular complexity index is 1160. The Kier molecular flexibility index (Phi) is 5.56. The van der Waals surface area contributed by atoms with Gasteiger partial charge in [0.1, 0.15) is 5.82 Å². The van der Waals surface area contributed by atoms with Gasteiger partial charge in [-0.15, -0.1) is 0 Å². The number of allylic oxidation sites excluding steroid dienone is 3. The van der Waals surface area contributed by atoms with Gasteiger partial charge in [-0.25, -0.2) is 4.98 Å². The number of Topliss-reactive ketones (excluding diaryl/α,β-unsaturated/α-hetero) is 1. The minimum Gasteiger partial charge on any atom is -0.362 e. The van der Waals surface area contributed by atoms with Crippen LogP contribution in [0.5, 0.6) is 0 Å². The van der Waals surface area contributed by atoms with Crippen molar-refractivity contribution in [1.29, 1.82) is 0 Å². The Morgan fingerprint density at radius 1 is 1.29 bits per heavy atom. The molecule has 4 rings (SSSR count). The van der Waals surface area contributed by atoms with Crippen LogP contribution in [-0.2, 0) is 9.59 Å². The fourth-order valence-corrected chi connectivity index (χ4v) is 4.31. The van der Waals surface area contributed by atoms with E-state index in [1.165, 1.54) is 18.2 Å². The van der Waals surface area contributed by atoms with E-state index < -0.39 is 16.7 Å². The van der Waals surface area contributed by atoms with Crippen molar-refractivity contribution in [2.24, 2.45) is 0 Å². The van der Waals surface area contributed by atoms with Crippen LogP contribution in [-0.4, -0.2) is 21.6 Å². The van der Waals surface area contributed by atoms with Crippen molar-refractivity contribution < 1.29 is 14.5 Å². The lowest BCUT2D eigenvalue weighted by molar-refractivity contribution is -0.384. The predicted molar refractivity (Wildman–Crippen MR) is 115 cm³/mol. The number of hydrogen-bond acceptors (Lipinski definition) is 6. The molecule has 1 atom stereocenters. The predicted octanol–water partition coefficient (Wildman–Crippen LogP) is 4.25. The summed E-state index contributed by atoms with van der Waals surface area (Å²) in [5, 5.41) is 17.6. The van der Waals surface area contributed by atoms with E-state index in [2.05, 4.69) is 15.6 Å². The second-order valence-corrected chi connectivity index (χ2v) is 7.80. The molecule has 0 radical (unpaired) electrons. The minimum absolute atomic E-state index is 0.100. The highest BCUT2D eigenvalue weighted by Crippen LogP contribution is 2.45. The fourth-order valence-electron chi connectivity index (χ4n) is 4.08. The van der Waals surface area contributed by atoms with E-state index in [1.807, 2.05) is 0 Å². The number of halogens is 1. The van der Waals surface area contributed by atoms with E-state index >= 15 is 0 Å². The summed E-state index contributed by atoms with van der Waals surface area (Å²) in [7, 11) is 0. The zero-order chi connectivity index (χ0) is 22.1. The molecule has 0 saturated carbocycles. The number of hydrogen-bond donors (Lipinski definition) is 2. The number of aromatic nitrogens is 1. The molecule has 0 fully saturated rings. The summed E-state index contributed by atoms with van der Waals surface area (Å²) in [6.07, 6.45) is 3.24. The first-order chi connectivity index (χ1) is 14.9. The van der Waals surface area contributed by atoms with Crippen molar-refractivity contribution in [2.75, 3.05) is 5.32 Å². The molecule has 158 valence electrons. The van der Waals surface area contributed by atoms with Crippen molar-refractivity contribution in [1.82, 2.24) is 10.3 Å². The van der Waals surface area contributed by atoms with Crippen molar-refractivity contribution in [3.8, 4) is 0 Å². The number of dihydropyridines is 1. The molecule has 31 heavy (non-hydrogen) atoms. The highest BCUT2D eigenvalue weighted by Gasteiger charge is 2.39. The van der Waals surface area contributed by atoms with Crippen LogP contribution in [0.15, 0.2) is 65.1 Å². The van der Waals surface area contributed by atoms with Gasteiger partial charge in [0.15, 0.2) is 5.78 Å². The van der Waals surface area contributed by atoms with E-state index in [4.69, 9.17) is 11.6 Å². The number of carbonyl (C=O) groups is 2. The molecule has 2 heterocycles. The van der Waals surface area contributed by atoms with Crippen molar-refractivity contribution in [2.45, 2.75) is 32.1 Å². The second kappa shape index (κ2) is 8.31. The third-order valence-electron chi connectivity index (χ3n) is 5.43. The topological polar surface area (TPSA) is 114 Å². The molecule has 0 bridgehead atoms. The standard InChI is InChI=1S/C22H19ClN4O4/c1-12-19(22(29)26-18-7-2-3-10-24-18)20(21-16(25-12)5-4-6-17(21)28)14-11-13(27(30)31)8-9-15(14)23/h2-3,7-11,20,25H,4-6H2,1H3,(H,24,26,29)/t20-/m1/s1. The number of non-ortho nitro benzene ring substituents is 1. The Labute approximate surface area is 183 Å². The summed E-state index contributed by atoms with van der Waals surface area (Å²) in [5.74, 6) is -1.02. The number of nitrogens with one attached hydrogen (secondary N) is 2. The molecule has 1 aliphatic carbocycles. The first kappa shape index (κ1) is 20.7. The van der Waals surface area contributed by atoms with Crippen LogP contribution < -0.4 is 10.6 Å². The van der Waals surface area contributed by atoms with Crippen LogP contribution in [0.2, 0.25) is 5.02 Å². The molecule has 8 nitrogen and oxygen atoms in total. The van der Waals surface area contributed by atoms with Crippen LogP contribution in [0.3, 0.4) is 0 Å². The molecule has 0 spiro atoms. The van der Waals surface area contributed by atoms with Crippen LogP contribution in [0.4, 0.5) is 11.5 Å². The summed E-state index contributed by atoms with van der Waals surface area (Å²) in [4.78, 5) is 41.2. The second-order valence-electron chi connectivity index (χ2n) is 7.40. The first-order valence-corrected chi connectivity index (χ1v) is 10.1. The molecule has 1 aliphatic heterocycles. The largest absolute Gasteiger partial charge is 0.362 e. The third kappa shape index (κ3) is 3.94. The summed E-state index contributed by atoms with van der Waals surface area (Å²) in [6, 6.07) is 9.18. The van der Waals surface area contributed by atoms with E-state index in [1.54, 1.807) is 31.3 Å². The summed E-state index contributed by atoms with van der Waals surface area (Å²) < 4.78 is 0. The van der Waals surface area contributed by atoms with E-state index in [0.717, 1.165) is 5.70 Å². The molecule has 1 amide bonds. The fraction of sp³-hybridized carbons (Fsp3) is 0.227. The van der Waals surface area contributed by atoms with Gasteiger partial charge < -0.3 is 10.6 Å². The Hall–Kier alpha value is -3.52. The number of anilines is 1. The van der Waals surface area contributed by atoms with Crippen molar-refractivity contribution >= 4 is 34.8 Å². The lowest BCUT2D eigenvalue weighted by atomic mass is 9.75. The number of amides is 1. The SMILES string of the molecule is CC1=C(C(=O)Nc2ccccn2)[C@@H](c2cc([N+](=O)[O-])ccc2Cl)C2=C(CCCC2=O)N1. The minimum atomic E-state index is -0.819. The molecule has 2 N–H and O–H groups in total. The number of benzene rings is 1. The highest BCUT2D eigenvalue weighted by molar-refractivity contribution is 6.31. The maximum Gasteiger partial charge on any atom is 0.269 e. The van der Waals surface area contributed by atoms with Gasteiger partial charge in [0, 0.05) is 58.2 Å². The van der Waals surface area contributed by atoms with E-state index in [0.29, 0.717) is 41.9 Å². The summed E-state index contributed by atoms with van der Waals surface area (Å²) >= 11 is 6.45. The van der Waals surface area contributed by atoms with Gasteiger partial charge in [0.25, 0.3) is 11.6 Å². The van der Waals surface area contributed by atoms with Gasteiger partial charge in [-0.2, -0.15) is 0 Å². The molecule has 9 heteroatoms. The van der Waals surface area contributed by atoms with Crippen LogP contribution in [0.1, 0.15) is 37.7 Å². The van der Waals surface area contributed by atoms with Gasteiger partial charge in [0.2, 0.25) is 0 Å². The van der Waals surface area contributed by atoms with Gasteiger partial charge in [0.05, 0.1) is 4.92 Å². The van der Waals surface area contributed by atoms with Crippen LogP contribution >= 0.6 is 11.6 Å². The molecule has 2 aromatic rings. The van der Waals surface area contributed by atoms with Crippen LogP contribution in [0, 0.1) is 10.1 Å². The number of nitro groups is 1. The number of carbonyl (C=O) groups excluding carboxylic acids is 2. The lowest BCUT2D eigenvalue weighted by Crippen LogP contribution is -2.35. The van der Waals surface area contributed by atoms with E-state index in [-0.39, 0.29) is 22.1 Å². The van der Waals surface area contributed by atoms with Gasteiger partial charge in [-0.3, -0.25) is 19.7 Å².